The molecule has 1 saturated carbocycles. The molecule has 0 radical (unpaired) electrons. The highest BCUT2D eigenvalue weighted by atomic mass is 16.2. The van der Waals surface area contributed by atoms with Crippen molar-refractivity contribution in [2.45, 2.75) is 38.3 Å². The minimum absolute atomic E-state index is 0.0417. The number of rotatable bonds is 5. The second kappa shape index (κ2) is 5.95. The van der Waals surface area contributed by atoms with Crippen LogP contribution in [-0.2, 0) is 6.42 Å². The summed E-state index contributed by atoms with van der Waals surface area (Å²) in [5.41, 5.74) is 2.43. The lowest BCUT2D eigenvalue weighted by Crippen LogP contribution is -2.42. The molecule has 2 rings (SSSR count). The fourth-order valence-corrected chi connectivity index (χ4v) is 2.01. The lowest BCUT2D eigenvalue weighted by molar-refractivity contribution is 0.237. The molecule has 0 aliphatic heterocycles. The molecule has 1 aromatic carbocycles. The van der Waals surface area contributed by atoms with Gasteiger partial charge in [0, 0.05) is 31.9 Å². The molecule has 0 bridgehead atoms. The van der Waals surface area contributed by atoms with E-state index in [2.05, 4.69) is 39.8 Å². The van der Waals surface area contributed by atoms with Gasteiger partial charge < -0.3 is 15.5 Å². The van der Waals surface area contributed by atoms with Crippen LogP contribution in [0.15, 0.2) is 24.3 Å². The molecule has 4 heteroatoms. The molecule has 2 N–H and O–H groups in total. The van der Waals surface area contributed by atoms with E-state index in [0.717, 1.165) is 19.3 Å². The number of anilines is 1. The maximum absolute atomic E-state index is 11.6. The van der Waals surface area contributed by atoms with E-state index in [0.29, 0.717) is 6.04 Å². The van der Waals surface area contributed by atoms with E-state index in [4.69, 9.17) is 0 Å². The van der Waals surface area contributed by atoms with Crippen LogP contribution in [-0.4, -0.2) is 32.2 Å². The van der Waals surface area contributed by atoms with E-state index >= 15 is 0 Å². The number of hydrogen-bond acceptors (Lipinski definition) is 2. The third kappa shape index (κ3) is 4.47. The van der Waals surface area contributed by atoms with Crippen molar-refractivity contribution in [3.63, 3.8) is 0 Å². The zero-order chi connectivity index (χ0) is 13.8. The molecule has 19 heavy (non-hydrogen) atoms. The van der Waals surface area contributed by atoms with Crippen molar-refractivity contribution in [2.75, 3.05) is 19.0 Å². The van der Waals surface area contributed by atoms with Crippen LogP contribution in [0.3, 0.4) is 0 Å². The molecule has 1 aliphatic rings. The van der Waals surface area contributed by atoms with Gasteiger partial charge in [0.2, 0.25) is 0 Å². The summed E-state index contributed by atoms with van der Waals surface area (Å²) in [6, 6.07) is 8.95. The van der Waals surface area contributed by atoms with Crippen molar-refractivity contribution in [3.05, 3.63) is 29.8 Å². The molecule has 0 spiro atoms. The average molecular weight is 261 g/mol. The van der Waals surface area contributed by atoms with Gasteiger partial charge in [-0.3, -0.25) is 0 Å². The van der Waals surface area contributed by atoms with Gasteiger partial charge in [-0.2, -0.15) is 0 Å². The molecule has 1 atom stereocenters. The Labute approximate surface area is 115 Å². The fraction of sp³-hybridized carbons (Fsp3) is 0.533. The largest absolute Gasteiger partial charge is 0.378 e. The number of carbonyl (C=O) groups is 1. The maximum Gasteiger partial charge on any atom is 0.315 e. The first-order valence-electron chi connectivity index (χ1n) is 6.88. The van der Waals surface area contributed by atoms with Gasteiger partial charge >= 0.3 is 6.03 Å². The first-order chi connectivity index (χ1) is 9.04. The Bertz CT molecular complexity index is 424. The van der Waals surface area contributed by atoms with Crippen molar-refractivity contribution >= 4 is 11.7 Å². The first-order valence-corrected chi connectivity index (χ1v) is 6.88. The minimum atomic E-state index is -0.0417. The number of hydrogen-bond donors (Lipinski definition) is 2. The van der Waals surface area contributed by atoms with Crippen molar-refractivity contribution in [1.29, 1.82) is 0 Å². The predicted molar refractivity (Wildman–Crippen MR) is 78.6 cm³/mol. The van der Waals surface area contributed by atoms with Gasteiger partial charge in [-0.25, -0.2) is 4.79 Å². The molecule has 1 aromatic rings. The van der Waals surface area contributed by atoms with E-state index in [1.165, 1.54) is 11.3 Å². The number of urea groups is 1. The Hall–Kier alpha value is -1.71. The van der Waals surface area contributed by atoms with Crippen LogP contribution in [0, 0.1) is 0 Å². The van der Waals surface area contributed by atoms with Crippen LogP contribution < -0.4 is 15.5 Å². The standard InChI is InChI=1S/C15H23N3O/c1-11(16-15(19)17-13-6-7-13)10-12-4-8-14(9-5-12)18(2)3/h4-5,8-9,11,13H,6-7,10H2,1-3H3,(H2,16,17,19)/t11-/m0/s1. The quantitative estimate of drug-likeness (QED) is 0.853. The molecule has 0 heterocycles. The molecule has 0 unspecified atom stereocenters. The molecule has 1 aliphatic carbocycles. The van der Waals surface area contributed by atoms with Crippen molar-refractivity contribution < 1.29 is 4.79 Å². The van der Waals surface area contributed by atoms with Gasteiger partial charge in [0.15, 0.2) is 0 Å². The van der Waals surface area contributed by atoms with E-state index in [-0.39, 0.29) is 12.1 Å². The molecule has 0 aromatic heterocycles. The van der Waals surface area contributed by atoms with Crippen LogP contribution in [0.1, 0.15) is 25.3 Å². The third-order valence-corrected chi connectivity index (χ3v) is 3.28. The zero-order valence-corrected chi connectivity index (χ0v) is 11.9. The van der Waals surface area contributed by atoms with E-state index in [1.54, 1.807) is 0 Å². The van der Waals surface area contributed by atoms with E-state index in [9.17, 15) is 4.79 Å². The maximum atomic E-state index is 11.6. The number of nitrogens with zero attached hydrogens (tertiary/aromatic N) is 1. The first kappa shape index (κ1) is 13.7. The second-order valence-corrected chi connectivity index (χ2v) is 5.56. The predicted octanol–water partition coefficient (Wildman–Crippen LogP) is 2.15. The third-order valence-electron chi connectivity index (χ3n) is 3.28. The average Bonchev–Trinajstić information content (AvgIpc) is 3.13. The summed E-state index contributed by atoms with van der Waals surface area (Å²) >= 11 is 0. The minimum Gasteiger partial charge on any atom is -0.378 e. The Morgan fingerprint density at radius 2 is 1.95 bits per heavy atom. The Kier molecular flexibility index (Phi) is 4.30. The van der Waals surface area contributed by atoms with Crippen LogP contribution >= 0.6 is 0 Å². The lowest BCUT2D eigenvalue weighted by atomic mass is 10.1. The van der Waals surface area contributed by atoms with Crippen molar-refractivity contribution in [3.8, 4) is 0 Å². The van der Waals surface area contributed by atoms with E-state index < -0.39 is 0 Å². The summed E-state index contributed by atoms with van der Waals surface area (Å²) in [6.45, 7) is 2.03. The highest BCUT2D eigenvalue weighted by Crippen LogP contribution is 2.18. The summed E-state index contributed by atoms with van der Waals surface area (Å²) in [6.07, 6.45) is 3.09. The summed E-state index contributed by atoms with van der Waals surface area (Å²) < 4.78 is 0. The Morgan fingerprint density at radius 1 is 1.32 bits per heavy atom. The SMILES string of the molecule is C[C@@H](Cc1ccc(N(C)C)cc1)NC(=O)NC1CC1. The normalized spacial score (nSPS) is 15.7. The summed E-state index contributed by atoms with van der Waals surface area (Å²) in [4.78, 5) is 13.7. The van der Waals surface area contributed by atoms with Crippen molar-refractivity contribution in [1.82, 2.24) is 10.6 Å². The van der Waals surface area contributed by atoms with Gasteiger partial charge in [-0.05, 0) is 43.9 Å². The van der Waals surface area contributed by atoms with E-state index in [1.807, 2.05) is 21.0 Å². The topological polar surface area (TPSA) is 44.4 Å². The molecule has 4 nitrogen and oxygen atoms in total. The molecule has 104 valence electrons. The second-order valence-electron chi connectivity index (χ2n) is 5.56. The summed E-state index contributed by atoms with van der Waals surface area (Å²) in [5.74, 6) is 0. The summed E-state index contributed by atoms with van der Waals surface area (Å²) in [5, 5.41) is 5.91. The molecular weight excluding hydrogens is 238 g/mol. The van der Waals surface area contributed by atoms with Crippen LogP contribution in [0.2, 0.25) is 0 Å². The number of nitrogens with one attached hydrogen (secondary N) is 2. The monoisotopic (exact) mass is 261 g/mol. The van der Waals surface area contributed by atoms with Gasteiger partial charge in [0.1, 0.15) is 0 Å². The van der Waals surface area contributed by atoms with Crippen LogP contribution in [0.25, 0.3) is 0 Å². The van der Waals surface area contributed by atoms with Crippen LogP contribution in [0.5, 0.6) is 0 Å². The van der Waals surface area contributed by atoms with Gasteiger partial charge in [-0.1, -0.05) is 12.1 Å². The number of amides is 2. The molecule has 1 fully saturated rings. The fourth-order valence-electron chi connectivity index (χ4n) is 2.01. The molecule has 0 saturated heterocycles. The summed E-state index contributed by atoms with van der Waals surface area (Å²) in [7, 11) is 4.06. The van der Waals surface area contributed by atoms with Gasteiger partial charge in [0.05, 0.1) is 0 Å². The highest BCUT2D eigenvalue weighted by molar-refractivity contribution is 5.74. The highest BCUT2D eigenvalue weighted by Gasteiger charge is 2.23. The Morgan fingerprint density at radius 3 is 2.47 bits per heavy atom. The smallest absolute Gasteiger partial charge is 0.315 e. The van der Waals surface area contributed by atoms with Gasteiger partial charge in [-0.15, -0.1) is 0 Å². The molecular formula is C15H23N3O. The number of carbonyl (C=O) groups excluding carboxylic acids is 1. The molecule has 2 amide bonds. The zero-order valence-electron chi connectivity index (χ0n) is 11.9. The van der Waals surface area contributed by atoms with Crippen LogP contribution in [0.4, 0.5) is 10.5 Å². The number of benzene rings is 1. The lowest BCUT2D eigenvalue weighted by Gasteiger charge is -2.16. The Balaban J connectivity index is 1.80. The van der Waals surface area contributed by atoms with Gasteiger partial charge in [0.25, 0.3) is 0 Å². The van der Waals surface area contributed by atoms with Crippen molar-refractivity contribution in [2.24, 2.45) is 0 Å².